The molecular weight excluding hydrogens is 410 g/mol. The summed E-state index contributed by atoms with van der Waals surface area (Å²) in [6.45, 7) is 4.70. The van der Waals surface area contributed by atoms with Gasteiger partial charge in [-0.2, -0.15) is 0 Å². The molecule has 0 N–H and O–H groups in total. The Morgan fingerprint density at radius 2 is 1.42 bits per heavy atom. The van der Waals surface area contributed by atoms with Gasteiger partial charge < -0.3 is 14.5 Å². The average Bonchev–Trinajstić information content (AvgIpc) is 3.18. The van der Waals surface area contributed by atoms with E-state index >= 15 is 0 Å². The number of hydrogen-bond acceptors (Lipinski definition) is 4. The molecule has 0 spiro atoms. The second-order valence-corrected chi connectivity index (χ2v) is 9.08. The van der Waals surface area contributed by atoms with Crippen molar-refractivity contribution in [2.75, 3.05) is 53.4 Å². The van der Waals surface area contributed by atoms with E-state index in [0.29, 0.717) is 6.61 Å². The third-order valence-electron chi connectivity index (χ3n) is 6.68. The normalized spacial score (nSPS) is 16.0. The van der Waals surface area contributed by atoms with E-state index in [1.807, 2.05) is 43.3 Å². The van der Waals surface area contributed by atoms with Crippen LogP contribution in [0.25, 0.3) is 11.1 Å². The molecule has 1 amide bonds. The van der Waals surface area contributed by atoms with Crippen LogP contribution in [-0.4, -0.2) is 74.0 Å². The lowest BCUT2D eigenvalue weighted by Gasteiger charge is -2.38. The van der Waals surface area contributed by atoms with Gasteiger partial charge in [-0.1, -0.05) is 48.5 Å². The van der Waals surface area contributed by atoms with Gasteiger partial charge in [0.25, 0.3) is 5.91 Å². The number of piperazine rings is 1. The first-order valence-electron chi connectivity index (χ1n) is 11.7. The van der Waals surface area contributed by atoms with Gasteiger partial charge in [-0.25, -0.2) is 0 Å². The minimum absolute atomic E-state index is 0.0988. The molecule has 170 valence electrons. The molecular formula is C28H31N3O2. The van der Waals surface area contributed by atoms with E-state index in [1.54, 1.807) is 0 Å². The fourth-order valence-corrected chi connectivity index (χ4v) is 4.93. The Morgan fingerprint density at radius 3 is 2.00 bits per heavy atom. The number of benzene rings is 3. The number of carbonyl (C=O) groups excluding carboxylic acids is 1. The van der Waals surface area contributed by atoms with Crippen LogP contribution in [0.15, 0.2) is 72.8 Å². The van der Waals surface area contributed by atoms with Crippen LogP contribution in [0.1, 0.15) is 27.5 Å². The molecule has 1 fully saturated rings. The summed E-state index contributed by atoms with van der Waals surface area (Å²) < 4.78 is 5.75. The molecule has 5 nitrogen and oxygen atoms in total. The number of fused-ring (bicyclic) bond motifs is 3. The van der Waals surface area contributed by atoms with Crippen molar-refractivity contribution in [2.45, 2.75) is 6.04 Å². The first-order chi connectivity index (χ1) is 16.1. The lowest BCUT2D eigenvalue weighted by Crippen LogP contribution is -2.49. The Bertz CT molecular complexity index is 1070. The number of rotatable bonds is 6. The molecule has 0 unspecified atom stereocenters. The molecule has 0 atom stereocenters. The van der Waals surface area contributed by atoms with Crippen molar-refractivity contribution in [3.05, 3.63) is 89.5 Å². The lowest BCUT2D eigenvalue weighted by molar-refractivity contribution is 0.0600. The standard InChI is InChI=1S/C28H31N3O2/c1-29(2)19-20-33-22-13-11-21(12-14-22)28(32)31-17-15-30(16-18-31)27-25-9-5-3-7-23(25)24-8-4-6-10-26(24)27/h3-14,27H,15-20H2,1-2H3. The zero-order valence-electron chi connectivity index (χ0n) is 19.4. The quantitative estimate of drug-likeness (QED) is 0.576. The molecule has 1 aliphatic carbocycles. The summed E-state index contributed by atoms with van der Waals surface area (Å²) in [5, 5.41) is 0. The van der Waals surface area contributed by atoms with Crippen LogP contribution < -0.4 is 4.74 Å². The highest BCUT2D eigenvalue weighted by Gasteiger charge is 2.34. The Morgan fingerprint density at radius 1 is 0.848 bits per heavy atom. The van der Waals surface area contributed by atoms with Gasteiger partial charge in [-0.3, -0.25) is 9.69 Å². The molecule has 0 saturated carbocycles. The first kappa shape index (κ1) is 21.7. The molecule has 0 aromatic heterocycles. The maximum Gasteiger partial charge on any atom is 0.253 e. The number of amides is 1. The second kappa shape index (κ2) is 9.38. The summed E-state index contributed by atoms with van der Waals surface area (Å²) >= 11 is 0. The Hall–Kier alpha value is -3.15. The van der Waals surface area contributed by atoms with E-state index in [1.165, 1.54) is 22.3 Å². The summed E-state index contributed by atoms with van der Waals surface area (Å²) in [4.78, 5) is 19.7. The third kappa shape index (κ3) is 4.39. The Balaban J connectivity index is 1.23. The predicted octanol–water partition coefficient (Wildman–Crippen LogP) is 4.15. The van der Waals surface area contributed by atoms with Crippen LogP contribution in [-0.2, 0) is 0 Å². The first-order valence-corrected chi connectivity index (χ1v) is 11.7. The van der Waals surface area contributed by atoms with E-state index in [4.69, 9.17) is 4.74 Å². The van der Waals surface area contributed by atoms with E-state index in [9.17, 15) is 4.79 Å². The van der Waals surface area contributed by atoms with Crippen molar-refractivity contribution in [2.24, 2.45) is 0 Å². The molecule has 0 radical (unpaired) electrons. The SMILES string of the molecule is CN(C)CCOc1ccc(C(=O)N2CCN(C3c4ccccc4-c4ccccc43)CC2)cc1. The van der Waals surface area contributed by atoms with E-state index in [-0.39, 0.29) is 11.9 Å². The molecule has 5 heteroatoms. The number of ether oxygens (including phenoxy) is 1. The molecule has 3 aromatic rings. The highest BCUT2D eigenvalue weighted by Crippen LogP contribution is 2.46. The van der Waals surface area contributed by atoms with Crippen LogP contribution in [0.4, 0.5) is 0 Å². The van der Waals surface area contributed by atoms with Crippen LogP contribution in [0.3, 0.4) is 0 Å². The lowest BCUT2D eigenvalue weighted by atomic mass is 10.0. The summed E-state index contributed by atoms with van der Waals surface area (Å²) in [6, 6.07) is 25.3. The molecule has 33 heavy (non-hydrogen) atoms. The van der Waals surface area contributed by atoms with E-state index < -0.39 is 0 Å². The fourth-order valence-electron chi connectivity index (χ4n) is 4.93. The fraction of sp³-hybridized carbons (Fsp3) is 0.321. The maximum atomic E-state index is 13.1. The number of nitrogens with zero attached hydrogens (tertiary/aromatic N) is 3. The summed E-state index contributed by atoms with van der Waals surface area (Å²) in [5.41, 5.74) is 6.15. The molecule has 1 heterocycles. The Kier molecular flexibility index (Phi) is 6.16. The Labute approximate surface area is 196 Å². The average molecular weight is 442 g/mol. The largest absolute Gasteiger partial charge is 0.492 e. The summed E-state index contributed by atoms with van der Waals surface area (Å²) in [6.07, 6.45) is 0. The second-order valence-electron chi connectivity index (χ2n) is 9.08. The highest BCUT2D eigenvalue weighted by atomic mass is 16.5. The summed E-state index contributed by atoms with van der Waals surface area (Å²) in [5.74, 6) is 0.901. The topological polar surface area (TPSA) is 36.0 Å². The third-order valence-corrected chi connectivity index (χ3v) is 6.68. The molecule has 1 aliphatic heterocycles. The van der Waals surface area contributed by atoms with Gasteiger partial charge in [0.2, 0.25) is 0 Å². The van der Waals surface area contributed by atoms with Crippen molar-refractivity contribution in [1.29, 1.82) is 0 Å². The predicted molar refractivity (Wildman–Crippen MR) is 132 cm³/mol. The smallest absolute Gasteiger partial charge is 0.253 e. The van der Waals surface area contributed by atoms with Gasteiger partial charge in [-0.15, -0.1) is 0 Å². The number of carbonyl (C=O) groups is 1. The van der Waals surface area contributed by atoms with Gasteiger partial charge in [0.15, 0.2) is 0 Å². The van der Waals surface area contributed by atoms with Gasteiger partial charge in [-0.05, 0) is 60.6 Å². The van der Waals surface area contributed by atoms with E-state index in [0.717, 1.165) is 44.0 Å². The van der Waals surface area contributed by atoms with Crippen molar-refractivity contribution in [3.8, 4) is 16.9 Å². The van der Waals surface area contributed by atoms with Gasteiger partial charge in [0.05, 0.1) is 6.04 Å². The monoisotopic (exact) mass is 441 g/mol. The summed E-state index contributed by atoms with van der Waals surface area (Å²) in [7, 11) is 4.05. The zero-order valence-corrected chi connectivity index (χ0v) is 19.4. The zero-order chi connectivity index (χ0) is 22.8. The highest BCUT2D eigenvalue weighted by molar-refractivity contribution is 5.94. The van der Waals surface area contributed by atoms with Crippen molar-refractivity contribution in [3.63, 3.8) is 0 Å². The van der Waals surface area contributed by atoms with Crippen LogP contribution in [0.2, 0.25) is 0 Å². The van der Waals surface area contributed by atoms with Crippen molar-refractivity contribution < 1.29 is 9.53 Å². The molecule has 5 rings (SSSR count). The number of likely N-dealkylation sites (N-methyl/N-ethyl adjacent to an activating group) is 1. The van der Waals surface area contributed by atoms with Crippen LogP contribution >= 0.6 is 0 Å². The van der Waals surface area contributed by atoms with Crippen molar-refractivity contribution in [1.82, 2.24) is 14.7 Å². The molecule has 0 bridgehead atoms. The molecule has 3 aromatic carbocycles. The van der Waals surface area contributed by atoms with Crippen LogP contribution in [0, 0.1) is 0 Å². The molecule has 1 saturated heterocycles. The van der Waals surface area contributed by atoms with E-state index in [2.05, 4.69) is 58.3 Å². The minimum atomic E-state index is 0.0988. The molecule has 2 aliphatic rings. The van der Waals surface area contributed by atoms with Crippen LogP contribution in [0.5, 0.6) is 5.75 Å². The minimum Gasteiger partial charge on any atom is -0.492 e. The van der Waals surface area contributed by atoms with Gasteiger partial charge in [0, 0.05) is 38.3 Å². The van der Waals surface area contributed by atoms with Crippen molar-refractivity contribution >= 4 is 5.91 Å². The van der Waals surface area contributed by atoms with Gasteiger partial charge in [0.1, 0.15) is 12.4 Å². The number of hydrogen-bond donors (Lipinski definition) is 0. The maximum absolute atomic E-state index is 13.1. The van der Waals surface area contributed by atoms with Gasteiger partial charge >= 0.3 is 0 Å².